The quantitative estimate of drug-likeness (QED) is 0.878. The van der Waals surface area contributed by atoms with E-state index in [9.17, 15) is 4.79 Å². The summed E-state index contributed by atoms with van der Waals surface area (Å²) in [4.78, 5) is 22.8. The van der Waals surface area contributed by atoms with Gasteiger partial charge in [0.05, 0.1) is 18.1 Å². The first-order valence-corrected chi connectivity index (χ1v) is 6.35. The van der Waals surface area contributed by atoms with E-state index in [4.69, 9.17) is 4.74 Å². The molecule has 0 atom stereocenters. The van der Waals surface area contributed by atoms with E-state index in [1.165, 1.54) is 7.11 Å². The lowest BCUT2D eigenvalue weighted by Gasteiger charge is -2.11. The molecule has 0 aliphatic heterocycles. The second-order valence-corrected chi connectivity index (χ2v) is 4.63. The van der Waals surface area contributed by atoms with E-state index >= 15 is 0 Å². The molecule has 6 nitrogen and oxygen atoms in total. The number of methoxy groups -OCH3 is 1. The van der Waals surface area contributed by atoms with Crippen LogP contribution in [0.2, 0.25) is 0 Å². The molecule has 0 spiro atoms. The van der Waals surface area contributed by atoms with Gasteiger partial charge < -0.3 is 15.0 Å². The fourth-order valence-corrected chi connectivity index (χ4v) is 1.75. The van der Waals surface area contributed by atoms with Crippen LogP contribution >= 0.6 is 0 Å². The lowest BCUT2D eigenvalue weighted by molar-refractivity contribution is 0.0942. The van der Waals surface area contributed by atoms with Gasteiger partial charge in [0, 0.05) is 13.1 Å². The third-order valence-corrected chi connectivity index (χ3v) is 2.79. The predicted octanol–water partition coefficient (Wildman–Crippen LogP) is 0.930. The molecule has 0 unspecified atom stereocenters. The molecular formula is C14H18N4O2. The highest BCUT2D eigenvalue weighted by Gasteiger charge is 2.16. The molecule has 0 aliphatic rings. The fourth-order valence-electron chi connectivity index (χ4n) is 1.75. The lowest BCUT2D eigenvalue weighted by atomic mass is 10.3. The summed E-state index contributed by atoms with van der Waals surface area (Å²) >= 11 is 0. The minimum atomic E-state index is -0.276. The van der Waals surface area contributed by atoms with E-state index in [0.717, 1.165) is 6.54 Å². The van der Waals surface area contributed by atoms with Crippen LogP contribution in [-0.2, 0) is 0 Å². The highest BCUT2D eigenvalue weighted by Crippen LogP contribution is 2.18. The number of ether oxygens (including phenoxy) is 1. The van der Waals surface area contributed by atoms with Gasteiger partial charge >= 0.3 is 0 Å². The Morgan fingerprint density at radius 3 is 2.50 bits per heavy atom. The number of hydrogen-bond acceptors (Lipinski definition) is 5. The lowest BCUT2D eigenvalue weighted by Crippen LogP contribution is -2.32. The molecule has 1 aromatic heterocycles. The van der Waals surface area contributed by atoms with Crippen molar-refractivity contribution in [1.82, 2.24) is 20.2 Å². The second kappa shape index (κ2) is 6.29. The van der Waals surface area contributed by atoms with Crippen LogP contribution in [-0.4, -0.2) is 55.1 Å². The van der Waals surface area contributed by atoms with Gasteiger partial charge in [-0.3, -0.25) is 4.79 Å². The maximum Gasteiger partial charge on any atom is 0.275 e. The molecule has 0 aliphatic carbocycles. The van der Waals surface area contributed by atoms with E-state index in [0.29, 0.717) is 17.6 Å². The molecule has 0 radical (unpaired) electrons. The zero-order valence-electron chi connectivity index (χ0n) is 11.9. The number of carbonyl (C=O) groups is 1. The van der Waals surface area contributed by atoms with E-state index < -0.39 is 0 Å². The minimum absolute atomic E-state index is 0.213. The summed E-state index contributed by atoms with van der Waals surface area (Å²) in [6.07, 6.45) is 0. The average molecular weight is 274 g/mol. The van der Waals surface area contributed by atoms with Crippen LogP contribution in [0, 0.1) is 0 Å². The van der Waals surface area contributed by atoms with Crippen LogP contribution in [0.3, 0.4) is 0 Å². The van der Waals surface area contributed by atoms with Gasteiger partial charge in [-0.1, -0.05) is 12.1 Å². The molecule has 1 amide bonds. The first-order valence-electron chi connectivity index (χ1n) is 6.35. The van der Waals surface area contributed by atoms with E-state index in [-0.39, 0.29) is 17.5 Å². The first kappa shape index (κ1) is 14.2. The molecule has 2 aromatic rings. The maximum absolute atomic E-state index is 12.1. The number of benzene rings is 1. The summed E-state index contributed by atoms with van der Waals surface area (Å²) in [5.41, 5.74) is 1.59. The van der Waals surface area contributed by atoms with Crippen LogP contribution in [0.4, 0.5) is 0 Å². The van der Waals surface area contributed by atoms with Crippen molar-refractivity contribution in [3.8, 4) is 5.88 Å². The Hall–Kier alpha value is -2.21. The standard InChI is InChI=1S/C14H18N4O2/c1-18(2)9-8-15-13(19)12-14(20-3)17-11-7-5-4-6-10(11)16-12/h4-7H,8-9H2,1-3H3,(H,15,19). The SMILES string of the molecule is COc1nc2ccccc2nc1C(=O)NCCN(C)C. The second-order valence-electron chi connectivity index (χ2n) is 4.63. The Kier molecular flexibility index (Phi) is 4.47. The number of para-hydroxylation sites is 2. The zero-order valence-corrected chi connectivity index (χ0v) is 11.9. The van der Waals surface area contributed by atoms with Gasteiger partial charge in [-0.25, -0.2) is 9.97 Å². The van der Waals surface area contributed by atoms with Gasteiger partial charge in [-0.15, -0.1) is 0 Å². The maximum atomic E-state index is 12.1. The van der Waals surface area contributed by atoms with Gasteiger partial charge in [0.15, 0.2) is 5.69 Å². The Labute approximate surface area is 117 Å². The molecule has 106 valence electrons. The molecule has 1 heterocycles. The van der Waals surface area contributed by atoms with Crippen molar-refractivity contribution in [3.05, 3.63) is 30.0 Å². The Balaban J connectivity index is 2.25. The summed E-state index contributed by atoms with van der Waals surface area (Å²) in [7, 11) is 5.38. The topological polar surface area (TPSA) is 67.3 Å². The van der Waals surface area contributed by atoms with Crippen molar-refractivity contribution >= 4 is 16.9 Å². The minimum Gasteiger partial charge on any atom is -0.479 e. The monoisotopic (exact) mass is 274 g/mol. The molecule has 1 aromatic carbocycles. The van der Waals surface area contributed by atoms with Gasteiger partial charge in [0.25, 0.3) is 5.91 Å². The number of fused-ring (bicyclic) bond motifs is 1. The number of rotatable bonds is 5. The number of nitrogens with one attached hydrogen (secondary N) is 1. The zero-order chi connectivity index (χ0) is 14.5. The van der Waals surface area contributed by atoms with Crippen LogP contribution in [0.15, 0.2) is 24.3 Å². The van der Waals surface area contributed by atoms with Crippen LogP contribution in [0.1, 0.15) is 10.5 Å². The van der Waals surface area contributed by atoms with Gasteiger partial charge in [-0.05, 0) is 26.2 Å². The molecule has 2 rings (SSSR count). The largest absolute Gasteiger partial charge is 0.479 e. The predicted molar refractivity (Wildman–Crippen MR) is 77.0 cm³/mol. The van der Waals surface area contributed by atoms with Crippen molar-refractivity contribution in [2.75, 3.05) is 34.3 Å². The van der Waals surface area contributed by atoms with Crippen LogP contribution in [0.5, 0.6) is 5.88 Å². The van der Waals surface area contributed by atoms with Crippen molar-refractivity contribution in [2.45, 2.75) is 0 Å². The Morgan fingerprint density at radius 1 is 1.25 bits per heavy atom. The third-order valence-electron chi connectivity index (χ3n) is 2.79. The molecule has 1 N–H and O–H groups in total. The van der Waals surface area contributed by atoms with E-state index in [1.54, 1.807) is 0 Å². The highest BCUT2D eigenvalue weighted by molar-refractivity contribution is 5.96. The molecular weight excluding hydrogens is 256 g/mol. The first-order chi connectivity index (χ1) is 9.61. The van der Waals surface area contributed by atoms with Gasteiger partial charge in [-0.2, -0.15) is 0 Å². The number of amides is 1. The number of aromatic nitrogens is 2. The van der Waals surface area contributed by atoms with E-state index in [2.05, 4.69) is 15.3 Å². The Bertz CT molecular complexity index is 613. The number of likely N-dealkylation sites (N-methyl/N-ethyl adjacent to an activating group) is 1. The summed E-state index contributed by atoms with van der Waals surface area (Å²) < 4.78 is 5.16. The smallest absolute Gasteiger partial charge is 0.275 e. The van der Waals surface area contributed by atoms with Gasteiger partial charge in [0.1, 0.15) is 0 Å². The highest BCUT2D eigenvalue weighted by atomic mass is 16.5. The van der Waals surface area contributed by atoms with Gasteiger partial charge in [0.2, 0.25) is 5.88 Å². The summed E-state index contributed by atoms with van der Waals surface area (Å²) in [6.45, 7) is 1.30. The number of nitrogens with zero attached hydrogens (tertiary/aromatic N) is 3. The molecule has 20 heavy (non-hydrogen) atoms. The summed E-state index contributed by atoms with van der Waals surface area (Å²) in [5.74, 6) is -0.0343. The number of carbonyl (C=O) groups excluding carboxylic acids is 1. The Morgan fingerprint density at radius 2 is 1.90 bits per heavy atom. The molecule has 0 fully saturated rings. The number of hydrogen-bond donors (Lipinski definition) is 1. The van der Waals surface area contributed by atoms with Crippen molar-refractivity contribution in [1.29, 1.82) is 0 Å². The summed E-state index contributed by atoms with van der Waals surface area (Å²) in [5, 5.41) is 2.81. The molecule has 0 saturated carbocycles. The molecule has 6 heteroatoms. The van der Waals surface area contributed by atoms with Crippen LogP contribution in [0.25, 0.3) is 11.0 Å². The van der Waals surface area contributed by atoms with E-state index in [1.807, 2.05) is 43.3 Å². The van der Waals surface area contributed by atoms with Crippen molar-refractivity contribution < 1.29 is 9.53 Å². The fraction of sp³-hybridized carbons (Fsp3) is 0.357. The van der Waals surface area contributed by atoms with Crippen LogP contribution < -0.4 is 10.1 Å². The third kappa shape index (κ3) is 3.21. The molecule has 0 bridgehead atoms. The normalized spacial score (nSPS) is 10.8. The van der Waals surface area contributed by atoms with Crippen molar-refractivity contribution in [2.24, 2.45) is 0 Å². The van der Waals surface area contributed by atoms with Crippen molar-refractivity contribution in [3.63, 3.8) is 0 Å². The average Bonchev–Trinajstić information content (AvgIpc) is 2.45. The molecule has 0 saturated heterocycles. The summed E-state index contributed by atoms with van der Waals surface area (Å²) in [6, 6.07) is 7.38.